The van der Waals surface area contributed by atoms with E-state index < -0.39 is 0 Å². The second-order valence-corrected chi connectivity index (χ2v) is 6.14. The molecule has 1 aliphatic rings. The highest BCUT2D eigenvalue weighted by Gasteiger charge is 2.29. The molecule has 0 saturated carbocycles. The van der Waals surface area contributed by atoms with Crippen molar-refractivity contribution in [2.45, 2.75) is 25.6 Å². The predicted molar refractivity (Wildman–Crippen MR) is 92.3 cm³/mol. The fourth-order valence-corrected chi connectivity index (χ4v) is 2.97. The highest BCUT2D eigenvalue weighted by atomic mass is 16.5. The molecular weight excluding hydrogens is 302 g/mol. The first-order valence-corrected chi connectivity index (χ1v) is 8.28. The SMILES string of the molecule is C[C@@H]1CN(CC(=O)NCc2cccnc2)[C@H](c2ccccc2)CO1. The molecule has 0 radical (unpaired) electrons. The Hall–Kier alpha value is -2.24. The smallest absolute Gasteiger partial charge is 0.234 e. The number of hydrogen-bond acceptors (Lipinski definition) is 4. The van der Waals surface area contributed by atoms with Gasteiger partial charge in [0.1, 0.15) is 0 Å². The van der Waals surface area contributed by atoms with E-state index in [9.17, 15) is 4.79 Å². The lowest BCUT2D eigenvalue weighted by atomic mass is 10.0. The van der Waals surface area contributed by atoms with Crippen LogP contribution in [0.1, 0.15) is 24.1 Å². The number of benzene rings is 1. The van der Waals surface area contributed by atoms with Crippen molar-refractivity contribution in [1.29, 1.82) is 0 Å². The fraction of sp³-hybridized carbons (Fsp3) is 0.368. The largest absolute Gasteiger partial charge is 0.375 e. The third-order valence-corrected chi connectivity index (χ3v) is 4.21. The Bertz CT molecular complexity index is 648. The Balaban J connectivity index is 1.61. The van der Waals surface area contributed by atoms with Gasteiger partial charge in [-0.05, 0) is 24.1 Å². The molecule has 5 nitrogen and oxygen atoms in total. The lowest BCUT2D eigenvalue weighted by molar-refractivity contribution is -0.126. The molecule has 1 amide bonds. The zero-order valence-corrected chi connectivity index (χ0v) is 13.9. The molecule has 1 fully saturated rings. The summed E-state index contributed by atoms with van der Waals surface area (Å²) in [5, 5.41) is 2.97. The highest BCUT2D eigenvalue weighted by Crippen LogP contribution is 2.25. The summed E-state index contributed by atoms with van der Waals surface area (Å²) in [6.45, 7) is 4.28. The minimum absolute atomic E-state index is 0.0221. The second-order valence-electron chi connectivity index (χ2n) is 6.14. The van der Waals surface area contributed by atoms with Gasteiger partial charge >= 0.3 is 0 Å². The van der Waals surface area contributed by atoms with Crippen molar-refractivity contribution in [3.63, 3.8) is 0 Å². The number of aromatic nitrogens is 1. The van der Waals surface area contributed by atoms with E-state index in [1.54, 1.807) is 12.4 Å². The molecule has 5 heteroatoms. The van der Waals surface area contributed by atoms with E-state index in [2.05, 4.69) is 27.3 Å². The van der Waals surface area contributed by atoms with Gasteiger partial charge in [0.05, 0.1) is 25.3 Å². The summed E-state index contributed by atoms with van der Waals surface area (Å²) in [5.41, 5.74) is 2.19. The van der Waals surface area contributed by atoms with Gasteiger partial charge in [-0.15, -0.1) is 0 Å². The van der Waals surface area contributed by atoms with Crippen LogP contribution in [0.15, 0.2) is 54.9 Å². The Morgan fingerprint density at radius 1 is 1.29 bits per heavy atom. The van der Waals surface area contributed by atoms with Crippen molar-refractivity contribution in [3.8, 4) is 0 Å². The van der Waals surface area contributed by atoms with Crippen LogP contribution in [0.2, 0.25) is 0 Å². The van der Waals surface area contributed by atoms with Gasteiger partial charge in [-0.1, -0.05) is 36.4 Å². The maximum absolute atomic E-state index is 12.4. The highest BCUT2D eigenvalue weighted by molar-refractivity contribution is 5.78. The number of amides is 1. The predicted octanol–water partition coefficient (Wildman–Crippen LogP) is 2.16. The molecule has 0 unspecified atom stereocenters. The zero-order chi connectivity index (χ0) is 16.8. The van der Waals surface area contributed by atoms with Crippen LogP contribution in [-0.2, 0) is 16.1 Å². The van der Waals surface area contributed by atoms with Crippen LogP contribution >= 0.6 is 0 Å². The van der Waals surface area contributed by atoms with Crippen LogP contribution < -0.4 is 5.32 Å². The molecule has 126 valence electrons. The maximum atomic E-state index is 12.4. The number of carbonyl (C=O) groups is 1. The summed E-state index contributed by atoms with van der Waals surface area (Å²) in [6, 6.07) is 14.2. The summed E-state index contributed by atoms with van der Waals surface area (Å²) < 4.78 is 5.80. The minimum atomic E-state index is 0.0221. The number of nitrogens with zero attached hydrogens (tertiary/aromatic N) is 2. The van der Waals surface area contributed by atoms with Gasteiger partial charge in [-0.3, -0.25) is 14.7 Å². The van der Waals surface area contributed by atoms with E-state index in [1.165, 1.54) is 5.56 Å². The van der Waals surface area contributed by atoms with Gasteiger partial charge in [0, 0.05) is 25.5 Å². The van der Waals surface area contributed by atoms with Crippen molar-refractivity contribution in [2.75, 3.05) is 19.7 Å². The molecule has 1 saturated heterocycles. The molecule has 2 atom stereocenters. The number of hydrogen-bond donors (Lipinski definition) is 1. The molecule has 1 aliphatic heterocycles. The molecule has 1 N–H and O–H groups in total. The Labute approximate surface area is 142 Å². The average Bonchev–Trinajstić information content (AvgIpc) is 2.62. The summed E-state index contributed by atoms with van der Waals surface area (Å²) in [4.78, 5) is 18.6. The second kappa shape index (κ2) is 8.04. The quantitative estimate of drug-likeness (QED) is 0.915. The molecule has 24 heavy (non-hydrogen) atoms. The van der Waals surface area contributed by atoms with E-state index in [0.717, 1.165) is 12.1 Å². The van der Waals surface area contributed by atoms with Crippen molar-refractivity contribution >= 4 is 5.91 Å². The van der Waals surface area contributed by atoms with Crippen LogP contribution in [0, 0.1) is 0 Å². The molecule has 0 spiro atoms. The zero-order valence-electron chi connectivity index (χ0n) is 13.9. The number of nitrogens with one attached hydrogen (secondary N) is 1. The molecular formula is C19H23N3O2. The first kappa shape index (κ1) is 16.6. The molecule has 3 rings (SSSR count). The van der Waals surface area contributed by atoms with E-state index in [-0.39, 0.29) is 18.1 Å². The lowest BCUT2D eigenvalue weighted by Gasteiger charge is -2.38. The normalized spacial score (nSPS) is 21.4. The Kier molecular flexibility index (Phi) is 5.56. The third kappa shape index (κ3) is 4.40. The molecule has 1 aromatic heterocycles. The molecule has 0 bridgehead atoms. The van der Waals surface area contributed by atoms with Crippen LogP contribution in [0.25, 0.3) is 0 Å². The number of rotatable bonds is 5. The van der Waals surface area contributed by atoms with Crippen LogP contribution in [-0.4, -0.2) is 41.6 Å². The van der Waals surface area contributed by atoms with Gasteiger partial charge in [-0.25, -0.2) is 0 Å². The standard InChI is InChI=1S/C19H23N3O2/c1-15-12-22(18(14-24-15)17-7-3-2-4-8-17)13-19(23)21-11-16-6-5-9-20-10-16/h2-10,15,18H,11-14H2,1H3,(H,21,23)/t15-,18+/m1/s1. The van der Waals surface area contributed by atoms with E-state index in [0.29, 0.717) is 19.7 Å². The maximum Gasteiger partial charge on any atom is 0.234 e. The summed E-state index contributed by atoms with van der Waals surface area (Å²) in [5.74, 6) is 0.0221. The monoisotopic (exact) mass is 325 g/mol. The minimum Gasteiger partial charge on any atom is -0.375 e. The van der Waals surface area contributed by atoms with E-state index in [4.69, 9.17) is 4.74 Å². The van der Waals surface area contributed by atoms with Crippen LogP contribution in [0.5, 0.6) is 0 Å². The van der Waals surface area contributed by atoms with Crippen LogP contribution in [0.4, 0.5) is 0 Å². The van der Waals surface area contributed by atoms with Gasteiger partial charge in [0.15, 0.2) is 0 Å². The first-order chi connectivity index (χ1) is 11.7. The van der Waals surface area contributed by atoms with E-state index in [1.807, 2.05) is 37.3 Å². The Morgan fingerprint density at radius 3 is 2.88 bits per heavy atom. The number of ether oxygens (including phenoxy) is 1. The van der Waals surface area contributed by atoms with Gasteiger partial charge in [-0.2, -0.15) is 0 Å². The van der Waals surface area contributed by atoms with Gasteiger partial charge in [0.2, 0.25) is 5.91 Å². The summed E-state index contributed by atoms with van der Waals surface area (Å²) in [7, 11) is 0. The molecule has 2 heterocycles. The average molecular weight is 325 g/mol. The molecule has 1 aromatic carbocycles. The number of pyridine rings is 1. The van der Waals surface area contributed by atoms with Crippen molar-refractivity contribution < 1.29 is 9.53 Å². The summed E-state index contributed by atoms with van der Waals surface area (Å²) >= 11 is 0. The van der Waals surface area contributed by atoms with Crippen molar-refractivity contribution in [1.82, 2.24) is 15.2 Å². The van der Waals surface area contributed by atoms with E-state index >= 15 is 0 Å². The molecule has 2 aromatic rings. The molecule has 0 aliphatic carbocycles. The first-order valence-electron chi connectivity index (χ1n) is 8.28. The topological polar surface area (TPSA) is 54.5 Å². The number of carbonyl (C=O) groups excluding carboxylic acids is 1. The van der Waals surface area contributed by atoms with Gasteiger partial charge in [0.25, 0.3) is 0 Å². The summed E-state index contributed by atoms with van der Waals surface area (Å²) in [6.07, 6.45) is 3.63. The van der Waals surface area contributed by atoms with Gasteiger partial charge < -0.3 is 10.1 Å². The third-order valence-electron chi connectivity index (χ3n) is 4.21. The Morgan fingerprint density at radius 2 is 2.12 bits per heavy atom. The van der Waals surface area contributed by atoms with Crippen molar-refractivity contribution in [3.05, 3.63) is 66.0 Å². The number of morpholine rings is 1. The van der Waals surface area contributed by atoms with Crippen LogP contribution in [0.3, 0.4) is 0 Å². The fourth-order valence-electron chi connectivity index (χ4n) is 2.97. The van der Waals surface area contributed by atoms with Crippen molar-refractivity contribution in [2.24, 2.45) is 0 Å². The lowest BCUT2D eigenvalue weighted by Crippen LogP contribution is -2.47.